The van der Waals surface area contributed by atoms with Crippen LogP contribution >= 0.6 is 0 Å². The lowest BCUT2D eigenvalue weighted by Gasteiger charge is -1.88. The van der Waals surface area contributed by atoms with E-state index in [0.717, 1.165) is 6.42 Å². The minimum atomic E-state index is -0.914. The quantitative estimate of drug-likeness (QED) is 0.517. The van der Waals surface area contributed by atoms with Gasteiger partial charge in [-0.3, -0.25) is 5.32 Å². The van der Waals surface area contributed by atoms with Crippen molar-refractivity contribution >= 4 is 5.97 Å². The van der Waals surface area contributed by atoms with Gasteiger partial charge in [-0.1, -0.05) is 0 Å². The monoisotopic (exact) mass is 112 g/mol. The number of carboxylic acids is 1. The molecule has 1 aliphatic rings. The molecular weight excluding hydrogens is 106 g/mol. The Bertz CT molecular complexity index is 139. The molecule has 0 aromatic heterocycles. The zero-order chi connectivity index (χ0) is 5.98. The van der Waals surface area contributed by atoms with Gasteiger partial charge in [-0.15, -0.1) is 0 Å². The van der Waals surface area contributed by atoms with Crippen molar-refractivity contribution < 1.29 is 9.90 Å². The lowest BCUT2D eigenvalue weighted by Crippen LogP contribution is -2.07. The molecule has 8 heavy (non-hydrogen) atoms. The average molecular weight is 112 g/mol. The SMILES string of the molecule is O=C(O)C1=CCC[N]1. The van der Waals surface area contributed by atoms with Crippen molar-refractivity contribution in [3.63, 3.8) is 0 Å². The standard InChI is InChI=1S/C5H6NO2/c7-5(8)4-2-1-3-6-4/h2H,1,3H2,(H,7,8). The second-order valence-electron chi connectivity index (χ2n) is 1.56. The maximum absolute atomic E-state index is 10.0. The highest BCUT2D eigenvalue weighted by Gasteiger charge is 2.11. The summed E-state index contributed by atoms with van der Waals surface area (Å²) in [7, 11) is 0. The van der Waals surface area contributed by atoms with Gasteiger partial charge in [-0.25, -0.2) is 4.79 Å². The topological polar surface area (TPSA) is 51.4 Å². The number of carbonyl (C=O) groups is 1. The van der Waals surface area contributed by atoms with E-state index in [1.54, 1.807) is 6.08 Å². The molecule has 0 aromatic carbocycles. The fourth-order valence-corrected chi connectivity index (χ4v) is 0.606. The van der Waals surface area contributed by atoms with E-state index in [0.29, 0.717) is 6.54 Å². The normalized spacial score (nSPS) is 17.2. The number of carboxylic acid groups (broad SMARTS) is 1. The number of hydrogen-bond donors (Lipinski definition) is 1. The van der Waals surface area contributed by atoms with Gasteiger partial charge in [-0.05, 0) is 12.5 Å². The van der Waals surface area contributed by atoms with E-state index >= 15 is 0 Å². The Hall–Kier alpha value is -0.990. The maximum atomic E-state index is 10.0. The van der Waals surface area contributed by atoms with Gasteiger partial charge in [0.05, 0.1) is 0 Å². The van der Waals surface area contributed by atoms with Crippen LogP contribution in [0.1, 0.15) is 6.42 Å². The average Bonchev–Trinajstić information content (AvgIpc) is 2.12. The lowest BCUT2D eigenvalue weighted by atomic mass is 10.4. The van der Waals surface area contributed by atoms with Crippen molar-refractivity contribution in [2.45, 2.75) is 6.42 Å². The van der Waals surface area contributed by atoms with Crippen molar-refractivity contribution in [2.75, 3.05) is 6.54 Å². The Kier molecular flexibility index (Phi) is 1.20. The van der Waals surface area contributed by atoms with Crippen LogP contribution in [-0.4, -0.2) is 17.6 Å². The van der Waals surface area contributed by atoms with E-state index in [4.69, 9.17) is 5.11 Å². The predicted octanol–water partition coefficient (Wildman–Crippen LogP) is -0.0370. The van der Waals surface area contributed by atoms with Gasteiger partial charge in [-0.2, -0.15) is 0 Å². The van der Waals surface area contributed by atoms with Crippen LogP contribution < -0.4 is 5.32 Å². The van der Waals surface area contributed by atoms with Crippen LogP contribution in [-0.2, 0) is 4.79 Å². The molecule has 0 saturated carbocycles. The Morgan fingerprint density at radius 3 is 2.88 bits per heavy atom. The molecule has 0 bridgehead atoms. The third-order valence-corrected chi connectivity index (χ3v) is 0.968. The van der Waals surface area contributed by atoms with Crippen LogP contribution in [0.15, 0.2) is 11.8 Å². The molecule has 0 fully saturated rings. The number of hydrogen-bond acceptors (Lipinski definition) is 1. The van der Waals surface area contributed by atoms with Crippen LogP contribution in [0.4, 0.5) is 0 Å². The second-order valence-corrected chi connectivity index (χ2v) is 1.56. The van der Waals surface area contributed by atoms with Crippen molar-refractivity contribution in [3.05, 3.63) is 11.8 Å². The van der Waals surface area contributed by atoms with Crippen LogP contribution in [0.2, 0.25) is 0 Å². The summed E-state index contributed by atoms with van der Waals surface area (Å²) in [5.74, 6) is -0.914. The molecule has 0 saturated heterocycles. The van der Waals surface area contributed by atoms with Crippen LogP contribution in [0.3, 0.4) is 0 Å². The molecule has 0 atom stereocenters. The highest BCUT2D eigenvalue weighted by Crippen LogP contribution is 2.01. The number of rotatable bonds is 1. The van der Waals surface area contributed by atoms with Gasteiger partial charge < -0.3 is 5.11 Å². The van der Waals surface area contributed by atoms with E-state index in [2.05, 4.69) is 5.32 Å². The Labute approximate surface area is 47.0 Å². The molecule has 1 heterocycles. The zero-order valence-corrected chi connectivity index (χ0v) is 4.29. The van der Waals surface area contributed by atoms with Gasteiger partial charge in [0.15, 0.2) is 0 Å². The molecule has 0 unspecified atom stereocenters. The van der Waals surface area contributed by atoms with Crippen molar-refractivity contribution in [2.24, 2.45) is 0 Å². The maximum Gasteiger partial charge on any atom is 0.353 e. The van der Waals surface area contributed by atoms with E-state index < -0.39 is 5.97 Å². The predicted molar refractivity (Wildman–Crippen MR) is 27.3 cm³/mol. The van der Waals surface area contributed by atoms with Crippen molar-refractivity contribution in [1.82, 2.24) is 5.32 Å². The molecule has 0 amide bonds. The van der Waals surface area contributed by atoms with Crippen molar-refractivity contribution in [3.8, 4) is 0 Å². The van der Waals surface area contributed by atoms with E-state index in [1.807, 2.05) is 0 Å². The zero-order valence-electron chi connectivity index (χ0n) is 4.29. The van der Waals surface area contributed by atoms with Crippen LogP contribution in [0, 0.1) is 0 Å². The first-order valence-corrected chi connectivity index (χ1v) is 2.41. The Balaban J connectivity index is 2.57. The van der Waals surface area contributed by atoms with E-state index in [9.17, 15) is 4.79 Å². The highest BCUT2D eigenvalue weighted by atomic mass is 16.4. The lowest BCUT2D eigenvalue weighted by molar-refractivity contribution is -0.133. The third-order valence-electron chi connectivity index (χ3n) is 0.968. The second kappa shape index (κ2) is 1.86. The summed E-state index contributed by atoms with van der Waals surface area (Å²) < 4.78 is 0. The summed E-state index contributed by atoms with van der Waals surface area (Å²) in [5.41, 5.74) is 0.213. The van der Waals surface area contributed by atoms with Gasteiger partial charge in [0.2, 0.25) is 0 Å². The van der Waals surface area contributed by atoms with Crippen LogP contribution in [0.5, 0.6) is 0 Å². The summed E-state index contributed by atoms with van der Waals surface area (Å²) in [6, 6.07) is 0. The van der Waals surface area contributed by atoms with Crippen molar-refractivity contribution in [1.29, 1.82) is 0 Å². The smallest absolute Gasteiger partial charge is 0.353 e. The van der Waals surface area contributed by atoms with E-state index in [-0.39, 0.29) is 5.70 Å². The van der Waals surface area contributed by atoms with Gasteiger partial charge >= 0.3 is 5.97 Å². The minimum absolute atomic E-state index is 0.213. The molecule has 1 N–H and O–H groups in total. The fourth-order valence-electron chi connectivity index (χ4n) is 0.606. The molecule has 1 aliphatic heterocycles. The first-order chi connectivity index (χ1) is 3.80. The molecule has 3 nitrogen and oxygen atoms in total. The van der Waals surface area contributed by atoms with Gasteiger partial charge in [0.25, 0.3) is 0 Å². The molecule has 43 valence electrons. The summed E-state index contributed by atoms with van der Waals surface area (Å²) in [5, 5.41) is 11.9. The summed E-state index contributed by atoms with van der Waals surface area (Å²) >= 11 is 0. The molecular formula is C5H6NO2. The fraction of sp³-hybridized carbons (Fsp3) is 0.400. The molecule has 3 heteroatoms. The minimum Gasteiger partial charge on any atom is -0.477 e. The number of aliphatic carboxylic acids is 1. The number of nitrogens with zero attached hydrogens (tertiary/aromatic N) is 1. The molecule has 1 radical (unpaired) electrons. The first-order valence-electron chi connectivity index (χ1n) is 2.41. The van der Waals surface area contributed by atoms with Crippen LogP contribution in [0.25, 0.3) is 0 Å². The molecule has 0 aliphatic carbocycles. The van der Waals surface area contributed by atoms with Gasteiger partial charge in [0, 0.05) is 6.54 Å². The summed E-state index contributed by atoms with van der Waals surface area (Å²) in [4.78, 5) is 10.0. The summed E-state index contributed by atoms with van der Waals surface area (Å²) in [6.07, 6.45) is 2.41. The highest BCUT2D eigenvalue weighted by molar-refractivity contribution is 5.86. The molecule has 1 rings (SSSR count). The third kappa shape index (κ3) is 0.804. The van der Waals surface area contributed by atoms with Gasteiger partial charge in [0.1, 0.15) is 5.70 Å². The Morgan fingerprint density at radius 2 is 2.62 bits per heavy atom. The largest absolute Gasteiger partial charge is 0.477 e. The van der Waals surface area contributed by atoms with E-state index in [1.165, 1.54) is 0 Å². The summed E-state index contributed by atoms with van der Waals surface area (Å²) in [6.45, 7) is 0.641. The molecule has 0 aromatic rings. The molecule has 0 spiro atoms. The first kappa shape index (κ1) is 5.15. The Morgan fingerprint density at radius 1 is 1.88 bits per heavy atom.